The number of amides is 1. The van der Waals surface area contributed by atoms with Gasteiger partial charge >= 0.3 is 5.97 Å². The van der Waals surface area contributed by atoms with E-state index in [1.807, 2.05) is 6.07 Å². The third-order valence-corrected chi connectivity index (χ3v) is 3.35. The average Bonchev–Trinajstić information content (AvgIpc) is 2.63. The van der Waals surface area contributed by atoms with Crippen molar-refractivity contribution in [3.8, 4) is 11.6 Å². The van der Waals surface area contributed by atoms with Crippen LogP contribution in [0, 0.1) is 0 Å². The molecule has 0 atom stereocenters. The number of benzene rings is 2. The van der Waals surface area contributed by atoms with Gasteiger partial charge in [-0.2, -0.15) is 0 Å². The molecule has 3 rings (SSSR count). The van der Waals surface area contributed by atoms with Gasteiger partial charge in [0.2, 0.25) is 5.88 Å². The van der Waals surface area contributed by atoms with Gasteiger partial charge in [0.25, 0.3) is 5.91 Å². The number of hydrogen-bond acceptors (Lipinski definition) is 4. The van der Waals surface area contributed by atoms with Crippen molar-refractivity contribution in [2.45, 2.75) is 0 Å². The molecule has 0 saturated heterocycles. The third kappa shape index (κ3) is 4.20. The van der Waals surface area contributed by atoms with E-state index in [2.05, 4.69) is 10.3 Å². The van der Waals surface area contributed by atoms with Crippen LogP contribution in [0.3, 0.4) is 0 Å². The molecule has 2 N–H and O–H groups in total. The van der Waals surface area contributed by atoms with Crippen LogP contribution in [0.1, 0.15) is 20.7 Å². The van der Waals surface area contributed by atoms with Crippen molar-refractivity contribution in [1.29, 1.82) is 0 Å². The van der Waals surface area contributed by atoms with E-state index in [4.69, 9.17) is 9.84 Å². The highest BCUT2D eigenvalue weighted by molar-refractivity contribution is 6.04. The van der Waals surface area contributed by atoms with E-state index in [9.17, 15) is 9.59 Å². The summed E-state index contributed by atoms with van der Waals surface area (Å²) >= 11 is 0. The second-order valence-corrected chi connectivity index (χ2v) is 5.13. The SMILES string of the molecule is O=C(O)c1ccc(C(=O)Nc2cccc(Oc3ccccn3)c2)cc1. The third-order valence-electron chi connectivity index (χ3n) is 3.35. The molecule has 0 saturated carbocycles. The van der Waals surface area contributed by atoms with Gasteiger partial charge in [-0.05, 0) is 42.5 Å². The van der Waals surface area contributed by atoms with Gasteiger partial charge in [0.1, 0.15) is 5.75 Å². The monoisotopic (exact) mass is 334 g/mol. The predicted octanol–water partition coefficient (Wildman–Crippen LogP) is 3.82. The molecule has 1 heterocycles. The second-order valence-electron chi connectivity index (χ2n) is 5.13. The quantitative estimate of drug-likeness (QED) is 0.740. The first kappa shape index (κ1) is 16.2. The number of nitrogens with one attached hydrogen (secondary N) is 1. The number of carboxylic acids is 1. The normalized spacial score (nSPS) is 10.1. The van der Waals surface area contributed by atoms with Gasteiger partial charge in [0, 0.05) is 29.6 Å². The van der Waals surface area contributed by atoms with E-state index in [1.165, 1.54) is 24.3 Å². The van der Waals surface area contributed by atoms with Crippen molar-refractivity contribution in [3.05, 3.63) is 84.1 Å². The molecule has 0 bridgehead atoms. The fourth-order valence-corrected chi connectivity index (χ4v) is 2.13. The van der Waals surface area contributed by atoms with Gasteiger partial charge in [0.05, 0.1) is 5.56 Å². The van der Waals surface area contributed by atoms with Crippen molar-refractivity contribution in [1.82, 2.24) is 4.98 Å². The fraction of sp³-hybridized carbons (Fsp3) is 0. The molecule has 0 aliphatic rings. The number of nitrogens with zero attached hydrogens (tertiary/aromatic N) is 1. The van der Waals surface area contributed by atoms with Gasteiger partial charge in [-0.25, -0.2) is 9.78 Å². The Hall–Kier alpha value is -3.67. The average molecular weight is 334 g/mol. The van der Waals surface area contributed by atoms with Crippen LogP contribution in [0.15, 0.2) is 72.9 Å². The van der Waals surface area contributed by atoms with Crippen molar-refractivity contribution in [2.24, 2.45) is 0 Å². The molecule has 1 amide bonds. The molecule has 3 aromatic rings. The first-order valence-electron chi connectivity index (χ1n) is 7.45. The number of carbonyl (C=O) groups excluding carboxylic acids is 1. The summed E-state index contributed by atoms with van der Waals surface area (Å²) in [6.45, 7) is 0. The summed E-state index contributed by atoms with van der Waals surface area (Å²) in [5, 5.41) is 11.6. The van der Waals surface area contributed by atoms with Gasteiger partial charge in [0.15, 0.2) is 0 Å². The summed E-state index contributed by atoms with van der Waals surface area (Å²) in [6, 6.07) is 18.0. The van der Waals surface area contributed by atoms with E-state index >= 15 is 0 Å². The Morgan fingerprint density at radius 3 is 2.36 bits per heavy atom. The zero-order valence-corrected chi connectivity index (χ0v) is 13.0. The van der Waals surface area contributed by atoms with Crippen molar-refractivity contribution in [3.63, 3.8) is 0 Å². The number of rotatable bonds is 5. The molecule has 25 heavy (non-hydrogen) atoms. The minimum absolute atomic E-state index is 0.127. The first-order valence-corrected chi connectivity index (χ1v) is 7.45. The zero-order chi connectivity index (χ0) is 17.6. The summed E-state index contributed by atoms with van der Waals surface area (Å²) in [4.78, 5) is 27.2. The molecule has 6 nitrogen and oxygen atoms in total. The van der Waals surface area contributed by atoms with E-state index in [-0.39, 0.29) is 11.5 Å². The Bertz CT molecular complexity index is 893. The Morgan fingerprint density at radius 1 is 0.920 bits per heavy atom. The summed E-state index contributed by atoms with van der Waals surface area (Å²) < 4.78 is 5.62. The van der Waals surface area contributed by atoms with E-state index in [0.717, 1.165) is 0 Å². The smallest absolute Gasteiger partial charge is 0.335 e. The number of aromatic nitrogens is 1. The molecular weight excluding hydrogens is 320 g/mol. The Morgan fingerprint density at radius 2 is 1.68 bits per heavy atom. The molecule has 0 spiro atoms. The lowest BCUT2D eigenvalue weighted by molar-refractivity contribution is 0.0696. The van der Waals surface area contributed by atoms with E-state index in [0.29, 0.717) is 22.9 Å². The van der Waals surface area contributed by atoms with Crippen LogP contribution in [0.4, 0.5) is 5.69 Å². The fourth-order valence-electron chi connectivity index (χ4n) is 2.13. The topological polar surface area (TPSA) is 88.5 Å². The van der Waals surface area contributed by atoms with Crippen molar-refractivity contribution in [2.75, 3.05) is 5.32 Å². The Labute approximate surface area is 143 Å². The molecule has 124 valence electrons. The maximum Gasteiger partial charge on any atom is 0.335 e. The van der Waals surface area contributed by atoms with Crippen LogP contribution < -0.4 is 10.1 Å². The molecule has 0 aliphatic carbocycles. The molecule has 0 unspecified atom stereocenters. The number of anilines is 1. The van der Waals surface area contributed by atoms with Crippen LogP contribution in [0.25, 0.3) is 0 Å². The lowest BCUT2D eigenvalue weighted by Gasteiger charge is -2.08. The second kappa shape index (κ2) is 7.27. The first-order chi connectivity index (χ1) is 12.1. The molecule has 1 aromatic heterocycles. The number of carbonyl (C=O) groups is 2. The highest BCUT2D eigenvalue weighted by Gasteiger charge is 2.09. The van der Waals surface area contributed by atoms with Crippen LogP contribution >= 0.6 is 0 Å². The molecule has 0 aliphatic heterocycles. The summed E-state index contributed by atoms with van der Waals surface area (Å²) in [7, 11) is 0. The minimum Gasteiger partial charge on any atom is -0.478 e. The van der Waals surface area contributed by atoms with Crippen molar-refractivity contribution >= 4 is 17.6 Å². The summed E-state index contributed by atoms with van der Waals surface area (Å²) in [5.74, 6) is -0.383. The van der Waals surface area contributed by atoms with Crippen LogP contribution in [-0.2, 0) is 0 Å². The minimum atomic E-state index is -1.04. The number of aromatic carboxylic acids is 1. The maximum atomic E-state index is 12.3. The highest BCUT2D eigenvalue weighted by Crippen LogP contribution is 2.22. The lowest BCUT2D eigenvalue weighted by atomic mass is 10.1. The standard InChI is InChI=1S/C19H14N2O4/c22-18(13-7-9-14(10-8-13)19(23)24)21-15-4-3-5-16(12-15)25-17-6-1-2-11-20-17/h1-12H,(H,21,22)(H,23,24). The van der Waals surface area contributed by atoms with Gasteiger partial charge in [-0.1, -0.05) is 12.1 Å². The van der Waals surface area contributed by atoms with Crippen LogP contribution in [0.5, 0.6) is 11.6 Å². The van der Waals surface area contributed by atoms with Gasteiger partial charge in [-0.3, -0.25) is 4.79 Å². The zero-order valence-electron chi connectivity index (χ0n) is 13.0. The van der Waals surface area contributed by atoms with Crippen LogP contribution in [0.2, 0.25) is 0 Å². The van der Waals surface area contributed by atoms with E-state index < -0.39 is 5.97 Å². The van der Waals surface area contributed by atoms with Crippen molar-refractivity contribution < 1.29 is 19.4 Å². The Kier molecular flexibility index (Phi) is 4.71. The van der Waals surface area contributed by atoms with Crippen LogP contribution in [-0.4, -0.2) is 22.0 Å². The predicted molar refractivity (Wildman–Crippen MR) is 92.1 cm³/mol. The molecule has 0 fully saturated rings. The highest BCUT2D eigenvalue weighted by atomic mass is 16.5. The molecule has 0 radical (unpaired) electrons. The van der Waals surface area contributed by atoms with Gasteiger partial charge in [-0.15, -0.1) is 0 Å². The summed E-state index contributed by atoms with van der Waals surface area (Å²) in [6.07, 6.45) is 1.63. The number of carboxylic acid groups (broad SMARTS) is 1. The number of hydrogen-bond donors (Lipinski definition) is 2. The largest absolute Gasteiger partial charge is 0.478 e. The lowest BCUT2D eigenvalue weighted by Crippen LogP contribution is -2.12. The number of pyridine rings is 1. The summed E-state index contributed by atoms with van der Waals surface area (Å²) in [5.41, 5.74) is 1.05. The van der Waals surface area contributed by atoms with E-state index in [1.54, 1.807) is 42.6 Å². The molecular formula is C19H14N2O4. The molecule has 2 aromatic carbocycles. The molecule has 6 heteroatoms. The number of ether oxygens (including phenoxy) is 1. The van der Waals surface area contributed by atoms with Gasteiger partial charge < -0.3 is 15.2 Å². The Balaban J connectivity index is 1.71. The maximum absolute atomic E-state index is 12.3.